The van der Waals surface area contributed by atoms with Crippen LogP contribution in [0.25, 0.3) is 0 Å². The zero-order valence-corrected chi connectivity index (χ0v) is 18.2. The summed E-state index contributed by atoms with van der Waals surface area (Å²) in [6.07, 6.45) is 1.82. The van der Waals surface area contributed by atoms with Crippen molar-refractivity contribution >= 4 is 27.6 Å². The van der Waals surface area contributed by atoms with Crippen LogP contribution < -0.4 is 4.72 Å². The molecule has 1 N–H and O–H groups in total. The van der Waals surface area contributed by atoms with Crippen molar-refractivity contribution in [1.82, 2.24) is 4.90 Å². The summed E-state index contributed by atoms with van der Waals surface area (Å²) in [5.41, 5.74) is 0.218. The summed E-state index contributed by atoms with van der Waals surface area (Å²) in [4.78, 5) is 26.4. The zero-order valence-electron chi connectivity index (χ0n) is 17.4. The maximum absolute atomic E-state index is 13.3. The number of anilines is 1. The van der Waals surface area contributed by atoms with Crippen LogP contribution in [0.4, 0.5) is 10.1 Å². The van der Waals surface area contributed by atoms with Crippen LogP contribution >= 0.6 is 0 Å². The number of rotatable bonds is 6. The van der Waals surface area contributed by atoms with Gasteiger partial charge in [0.25, 0.3) is 15.9 Å². The van der Waals surface area contributed by atoms with Gasteiger partial charge in [-0.1, -0.05) is 19.1 Å². The predicted molar refractivity (Wildman–Crippen MR) is 114 cm³/mol. The van der Waals surface area contributed by atoms with Crippen molar-refractivity contribution in [2.75, 3.05) is 24.4 Å². The molecule has 2 aromatic rings. The Hall–Kier alpha value is -2.94. The number of hydrogen-bond acceptors (Lipinski definition) is 5. The van der Waals surface area contributed by atoms with Crippen molar-refractivity contribution in [2.45, 2.75) is 31.6 Å². The molecule has 0 radical (unpaired) electrons. The maximum atomic E-state index is 13.3. The molecule has 0 atom stereocenters. The van der Waals surface area contributed by atoms with Gasteiger partial charge in [-0.3, -0.25) is 9.52 Å². The molecule has 1 amide bonds. The fourth-order valence-corrected chi connectivity index (χ4v) is 4.73. The number of carbonyl (C=O) groups excluding carboxylic acids is 2. The van der Waals surface area contributed by atoms with Crippen LogP contribution in [-0.2, 0) is 19.6 Å². The summed E-state index contributed by atoms with van der Waals surface area (Å²) in [5, 5.41) is 0. The predicted octanol–water partition coefficient (Wildman–Crippen LogP) is 3.35. The molecule has 1 fully saturated rings. The lowest BCUT2D eigenvalue weighted by Crippen LogP contribution is -2.40. The number of sulfonamides is 1. The van der Waals surface area contributed by atoms with Gasteiger partial charge in [-0.05, 0) is 61.6 Å². The molecule has 0 spiro atoms. The van der Waals surface area contributed by atoms with Crippen molar-refractivity contribution in [1.29, 1.82) is 0 Å². The fourth-order valence-electron chi connectivity index (χ4n) is 3.42. The number of carbonyl (C=O) groups is 2. The van der Waals surface area contributed by atoms with Gasteiger partial charge in [0.15, 0.2) is 6.61 Å². The molecule has 31 heavy (non-hydrogen) atoms. The molecule has 1 heterocycles. The van der Waals surface area contributed by atoms with E-state index in [0.717, 1.165) is 31.0 Å². The van der Waals surface area contributed by atoms with Crippen LogP contribution in [-0.4, -0.2) is 44.9 Å². The van der Waals surface area contributed by atoms with Gasteiger partial charge in [0.1, 0.15) is 5.82 Å². The van der Waals surface area contributed by atoms with Crippen LogP contribution in [0.15, 0.2) is 47.4 Å². The zero-order chi connectivity index (χ0) is 22.6. The number of ether oxygens (including phenoxy) is 1. The molecule has 0 unspecified atom stereocenters. The Labute approximate surface area is 181 Å². The number of nitrogens with one attached hydrogen (secondary N) is 1. The fraction of sp³-hybridized carbons (Fsp3) is 0.364. The van der Waals surface area contributed by atoms with Gasteiger partial charge in [-0.25, -0.2) is 17.6 Å². The molecule has 2 aromatic carbocycles. The summed E-state index contributed by atoms with van der Waals surface area (Å²) >= 11 is 0. The monoisotopic (exact) mass is 448 g/mol. The Morgan fingerprint density at radius 2 is 1.84 bits per heavy atom. The van der Waals surface area contributed by atoms with Gasteiger partial charge in [0, 0.05) is 13.1 Å². The molecule has 1 saturated heterocycles. The minimum absolute atomic E-state index is 0.00970. The van der Waals surface area contributed by atoms with Crippen molar-refractivity contribution < 1.29 is 27.1 Å². The molecule has 0 aromatic heterocycles. The molecule has 166 valence electrons. The molecule has 0 bridgehead atoms. The highest BCUT2D eigenvalue weighted by molar-refractivity contribution is 7.92. The summed E-state index contributed by atoms with van der Waals surface area (Å²) < 4.78 is 46.4. The molecule has 9 heteroatoms. The number of esters is 1. The van der Waals surface area contributed by atoms with E-state index in [1.165, 1.54) is 19.1 Å². The Morgan fingerprint density at radius 1 is 1.16 bits per heavy atom. The normalized spacial score (nSPS) is 14.9. The Balaban J connectivity index is 1.71. The van der Waals surface area contributed by atoms with Crippen LogP contribution in [0, 0.1) is 18.7 Å². The number of benzene rings is 2. The first-order chi connectivity index (χ1) is 14.7. The van der Waals surface area contributed by atoms with Gasteiger partial charge in [-0.15, -0.1) is 0 Å². The van der Waals surface area contributed by atoms with E-state index in [4.69, 9.17) is 4.74 Å². The molecule has 0 aliphatic carbocycles. The Kier molecular flexibility index (Phi) is 6.94. The van der Waals surface area contributed by atoms with E-state index >= 15 is 0 Å². The second-order valence-corrected chi connectivity index (χ2v) is 9.35. The Morgan fingerprint density at radius 3 is 2.52 bits per heavy atom. The topological polar surface area (TPSA) is 92.8 Å². The molecular formula is C22H25FN2O5S. The highest BCUT2D eigenvalue weighted by Crippen LogP contribution is 2.23. The minimum atomic E-state index is -4.07. The first-order valence-electron chi connectivity index (χ1n) is 10.0. The summed E-state index contributed by atoms with van der Waals surface area (Å²) in [7, 11) is -4.07. The quantitative estimate of drug-likeness (QED) is 0.684. The lowest BCUT2D eigenvalue weighted by molar-refractivity contribution is -0.135. The minimum Gasteiger partial charge on any atom is -0.452 e. The molecule has 1 aliphatic heterocycles. The maximum Gasteiger partial charge on any atom is 0.340 e. The van der Waals surface area contributed by atoms with Crippen LogP contribution in [0.1, 0.15) is 35.7 Å². The average Bonchev–Trinajstić information content (AvgIpc) is 2.72. The largest absolute Gasteiger partial charge is 0.452 e. The molecule has 0 saturated carbocycles. The number of hydrogen-bond donors (Lipinski definition) is 1. The molecule has 7 nitrogen and oxygen atoms in total. The first-order valence-corrected chi connectivity index (χ1v) is 11.5. The molecule has 3 rings (SSSR count). The summed E-state index contributed by atoms with van der Waals surface area (Å²) in [5.74, 6) is -1.07. The first kappa shape index (κ1) is 22.7. The molecular weight excluding hydrogens is 423 g/mol. The number of aryl methyl sites for hydroxylation is 1. The third kappa shape index (κ3) is 5.61. The lowest BCUT2D eigenvalue weighted by Gasteiger charge is -2.30. The van der Waals surface area contributed by atoms with E-state index in [0.29, 0.717) is 19.0 Å². The summed E-state index contributed by atoms with van der Waals surface area (Å²) in [6.45, 7) is 4.46. The van der Waals surface area contributed by atoms with E-state index in [2.05, 4.69) is 11.6 Å². The average molecular weight is 449 g/mol. The summed E-state index contributed by atoms with van der Waals surface area (Å²) in [6, 6.07) is 9.27. The van der Waals surface area contributed by atoms with Gasteiger partial charge >= 0.3 is 5.97 Å². The highest BCUT2D eigenvalue weighted by Gasteiger charge is 2.24. The van der Waals surface area contributed by atoms with E-state index in [-0.39, 0.29) is 27.6 Å². The van der Waals surface area contributed by atoms with E-state index in [9.17, 15) is 22.4 Å². The number of amides is 1. The Bertz CT molecular complexity index is 1080. The lowest BCUT2D eigenvalue weighted by atomic mass is 9.99. The highest BCUT2D eigenvalue weighted by atomic mass is 32.2. The smallest absolute Gasteiger partial charge is 0.340 e. The van der Waals surface area contributed by atoms with Gasteiger partial charge in [-0.2, -0.15) is 0 Å². The second-order valence-electron chi connectivity index (χ2n) is 7.70. The number of nitrogens with zero attached hydrogens (tertiary/aromatic N) is 1. The third-order valence-electron chi connectivity index (χ3n) is 5.28. The van der Waals surface area contributed by atoms with E-state index in [1.807, 2.05) is 0 Å². The molecule has 1 aliphatic rings. The van der Waals surface area contributed by atoms with Gasteiger partial charge in [0.05, 0.1) is 16.1 Å². The SMILES string of the molecule is Cc1cc(F)ccc1S(=O)(=O)Nc1ccccc1C(=O)OCC(=O)N1CCC(C)CC1. The van der Waals surface area contributed by atoms with Crippen molar-refractivity contribution in [3.63, 3.8) is 0 Å². The van der Waals surface area contributed by atoms with Crippen molar-refractivity contribution in [2.24, 2.45) is 5.92 Å². The number of likely N-dealkylation sites (tertiary alicyclic amines) is 1. The van der Waals surface area contributed by atoms with Crippen LogP contribution in [0.5, 0.6) is 0 Å². The number of piperidine rings is 1. The van der Waals surface area contributed by atoms with E-state index in [1.54, 1.807) is 17.0 Å². The number of para-hydroxylation sites is 1. The van der Waals surface area contributed by atoms with Gasteiger partial charge < -0.3 is 9.64 Å². The third-order valence-corrected chi connectivity index (χ3v) is 6.81. The van der Waals surface area contributed by atoms with E-state index < -0.39 is 28.4 Å². The van der Waals surface area contributed by atoms with Crippen LogP contribution in [0.2, 0.25) is 0 Å². The van der Waals surface area contributed by atoms with Crippen molar-refractivity contribution in [3.8, 4) is 0 Å². The van der Waals surface area contributed by atoms with Crippen LogP contribution in [0.3, 0.4) is 0 Å². The van der Waals surface area contributed by atoms with Crippen molar-refractivity contribution in [3.05, 3.63) is 59.4 Å². The van der Waals surface area contributed by atoms with Gasteiger partial charge in [0.2, 0.25) is 0 Å². The second kappa shape index (κ2) is 9.47. The standard InChI is InChI=1S/C22H25FN2O5S/c1-15-9-11-25(12-10-15)21(26)14-30-22(27)18-5-3-4-6-19(18)24-31(28,29)20-8-7-17(23)13-16(20)2/h3-8,13,15,24H,9-12,14H2,1-2H3. The number of halogens is 1.